The standard InChI is InChI=1S/C19H30F3N3O2.HI/c1-4-23-18(24-10-6-5-7-11-26-3)25-13-16-9-8-15(2)12-17(16)27-14-19(20,21)22;/h8-9,12H,4-7,10-11,13-14H2,1-3H3,(H2,23,24,25);1H. The first kappa shape index (κ1) is 26.8. The van der Waals surface area contributed by atoms with E-state index in [2.05, 4.69) is 15.6 Å². The Morgan fingerprint density at radius 3 is 2.54 bits per heavy atom. The molecule has 0 unspecified atom stereocenters. The predicted molar refractivity (Wildman–Crippen MR) is 117 cm³/mol. The lowest BCUT2D eigenvalue weighted by Gasteiger charge is -2.14. The number of aryl methyl sites for hydroxylation is 1. The molecule has 1 aromatic rings. The summed E-state index contributed by atoms with van der Waals surface area (Å²) in [6, 6.07) is 5.19. The fraction of sp³-hybridized carbons (Fsp3) is 0.632. The van der Waals surface area contributed by atoms with Gasteiger partial charge in [0.2, 0.25) is 0 Å². The first-order valence-corrected chi connectivity index (χ1v) is 9.16. The van der Waals surface area contributed by atoms with Crippen LogP contribution in [0.2, 0.25) is 0 Å². The highest BCUT2D eigenvalue weighted by Crippen LogP contribution is 2.24. The van der Waals surface area contributed by atoms with Gasteiger partial charge in [-0.15, -0.1) is 24.0 Å². The molecule has 0 fully saturated rings. The molecular weight excluding hydrogens is 486 g/mol. The number of halogens is 4. The van der Waals surface area contributed by atoms with Gasteiger partial charge in [0.05, 0.1) is 6.54 Å². The summed E-state index contributed by atoms with van der Waals surface area (Å²) in [5, 5.41) is 6.37. The van der Waals surface area contributed by atoms with E-state index in [1.54, 1.807) is 19.2 Å². The molecule has 0 bridgehead atoms. The van der Waals surface area contributed by atoms with Crippen molar-refractivity contribution in [3.8, 4) is 5.75 Å². The number of aliphatic imine (C=N–C) groups is 1. The second-order valence-electron chi connectivity index (χ2n) is 6.19. The number of hydrogen-bond donors (Lipinski definition) is 2. The highest BCUT2D eigenvalue weighted by Gasteiger charge is 2.28. The molecule has 9 heteroatoms. The molecule has 28 heavy (non-hydrogen) atoms. The van der Waals surface area contributed by atoms with Gasteiger partial charge in [0.1, 0.15) is 5.75 Å². The molecule has 0 atom stereocenters. The summed E-state index contributed by atoms with van der Waals surface area (Å²) in [6.45, 7) is 4.89. The monoisotopic (exact) mass is 517 g/mol. The summed E-state index contributed by atoms with van der Waals surface area (Å²) in [7, 11) is 1.69. The molecule has 5 nitrogen and oxygen atoms in total. The number of hydrogen-bond acceptors (Lipinski definition) is 3. The van der Waals surface area contributed by atoms with E-state index in [-0.39, 0.29) is 36.3 Å². The molecule has 0 aromatic heterocycles. The van der Waals surface area contributed by atoms with Crippen LogP contribution in [0.15, 0.2) is 23.2 Å². The normalized spacial score (nSPS) is 11.7. The molecule has 1 aromatic carbocycles. The lowest BCUT2D eigenvalue weighted by molar-refractivity contribution is -0.153. The van der Waals surface area contributed by atoms with Crippen molar-refractivity contribution in [2.24, 2.45) is 4.99 Å². The van der Waals surface area contributed by atoms with Gasteiger partial charge in [-0.1, -0.05) is 12.1 Å². The molecule has 2 N–H and O–H groups in total. The average molecular weight is 517 g/mol. The Morgan fingerprint density at radius 1 is 1.14 bits per heavy atom. The van der Waals surface area contributed by atoms with E-state index in [4.69, 9.17) is 9.47 Å². The van der Waals surface area contributed by atoms with Crippen molar-refractivity contribution < 1.29 is 22.6 Å². The molecule has 0 radical (unpaired) electrons. The van der Waals surface area contributed by atoms with Gasteiger partial charge in [0, 0.05) is 32.4 Å². The minimum atomic E-state index is -4.37. The lowest BCUT2D eigenvalue weighted by Crippen LogP contribution is -2.37. The first-order valence-electron chi connectivity index (χ1n) is 9.16. The zero-order valence-corrected chi connectivity index (χ0v) is 19.0. The Morgan fingerprint density at radius 2 is 1.89 bits per heavy atom. The van der Waals surface area contributed by atoms with Crippen molar-refractivity contribution in [3.05, 3.63) is 29.3 Å². The van der Waals surface area contributed by atoms with E-state index in [0.29, 0.717) is 18.1 Å². The molecule has 0 aliphatic carbocycles. The van der Waals surface area contributed by atoms with Crippen molar-refractivity contribution in [3.63, 3.8) is 0 Å². The zero-order valence-electron chi connectivity index (χ0n) is 16.7. The highest BCUT2D eigenvalue weighted by atomic mass is 127. The van der Waals surface area contributed by atoms with Crippen molar-refractivity contribution in [1.29, 1.82) is 0 Å². The topological polar surface area (TPSA) is 54.9 Å². The van der Waals surface area contributed by atoms with Gasteiger partial charge >= 0.3 is 6.18 Å². The lowest BCUT2D eigenvalue weighted by atomic mass is 10.1. The SMILES string of the molecule is CCNC(=NCc1ccc(C)cc1OCC(F)(F)F)NCCCCCOC.I. The molecule has 162 valence electrons. The average Bonchev–Trinajstić information content (AvgIpc) is 2.61. The van der Waals surface area contributed by atoms with E-state index >= 15 is 0 Å². The number of rotatable bonds is 11. The first-order chi connectivity index (χ1) is 12.9. The molecule has 0 saturated carbocycles. The van der Waals surface area contributed by atoms with Crippen LogP contribution in [0.5, 0.6) is 5.75 Å². The van der Waals surface area contributed by atoms with E-state index < -0.39 is 12.8 Å². The molecule has 0 amide bonds. The van der Waals surface area contributed by atoms with E-state index in [9.17, 15) is 13.2 Å². The van der Waals surface area contributed by atoms with Gasteiger partial charge in [-0.05, 0) is 44.7 Å². The number of unbranched alkanes of at least 4 members (excludes halogenated alkanes) is 2. The van der Waals surface area contributed by atoms with E-state index in [1.807, 2.05) is 19.9 Å². The second-order valence-corrected chi connectivity index (χ2v) is 6.19. The Hall–Kier alpha value is -1.23. The number of benzene rings is 1. The molecule has 0 saturated heterocycles. The number of ether oxygens (including phenoxy) is 2. The third-order valence-corrected chi connectivity index (χ3v) is 3.68. The summed E-state index contributed by atoms with van der Waals surface area (Å²) >= 11 is 0. The minimum absolute atomic E-state index is 0. The maximum Gasteiger partial charge on any atom is 0.422 e. The molecule has 0 heterocycles. The third kappa shape index (κ3) is 12.3. The number of alkyl halides is 3. The minimum Gasteiger partial charge on any atom is -0.484 e. The largest absolute Gasteiger partial charge is 0.484 e. The van der Waals surface area contributed by atoms with Gasteiger partial charge in [-0.25, -0.2) is 4.99 Å². The van der Waals surface area contributed by atoms with Crippen LogP contribution < -0.4 is 15.4 Å². The number of nitrogens with one attached hydrogen (secondary N) is 2. The smallest absolute Gasteiger partial charge is 0.422 e. The van der Waals surface area contributed by atoms with Crippen LogP contribution >= 0.6 is 24.0 Å². The summed E-state index contributed by atoms with van der Waals surface area (Å²) in [5.41, 5.74) is 1.45. The molecule has 1 rings (SSSR count). The fourth-order valence-corrected chi connectivity index (χ4v) is 2.35. The van der Waals surface area contributed by atoms with Crippen molar-refractivity contribution in [2.75, 3.05) is 33.4 Å². The van der Waals surface area contributed by atoms with Gasteiger partial charge in [-0.2, -0.15) is 13.2 Å². The van der Waals surface area contributed by atoms with Crippen molar-refractivity contribution in [1.82, 2.24) is 10.6 Å². The van der Waals surface area contributed by atoms with E-state index in [1.165, 1.54) is 0 Å². The van der Waals surface area contributed by atoms with Gasteiger partial charge in [0.15, 0.2) is 12.6 Å². The number of methoxy groups -OCH3 is 1. The maximum atomic E-state index is 12.5. The Balaban J connectivity index is 0.00000729. The van der Waals surface area contributed by atoms with Crippen LogP contribution in [0.3, 0.4) is 0 Å². The Kier molecular flexibility index (Phi) is 14.1. The molecule has 0 aliphatic heterocycles. The highest BCUT2D eigenvalue weighted by molar-refractivity contribution is 14.0. The van der Waals surface area contributed by atoms with Crippen LogP contribution in [0.1, 0.15) is 37.3 Å². The fourth-order valence-electron chi connectivity index (χ4n) is 2.35. The summed E-state index contributed by atoms with van der Waals surface area (Å²) in [6.07, 6.45) is -1.33. The summed E-state index contributed by atoms with van der Waals surface area (Å²) in [5.74, 6) is 0.845. The second kappa shape index (κ2) is 14.7. The number of nitrogens with zero attached hydrogens (tertiary/aromatic N) is 1. The summed E-state index contributed by atoms with van der Waals surface area (Å²) in [4.78, 5) is 4.46. The Labute approximate surface area is 182 Å². The van der Waals surface area contributed by atoms with Crippen LogP contribution in [0.25, 0.3) is 0 Å². The predicted octanol–water partition coefficient (Wildman–Crippen LogP) is 4.43. The molecule has 0 aliphatic rings. The van der Waals surface area contributed by atoms with Gasteiger partial charge < -0.3 is 20.1 Å². The summed E-state index contributed by atoms with van der Waals surface area (Å²) < 4.78 is 47.4. The maximum absolute atomic E-state index is 12.5. The van der Waals surface area contributed by atoms with E-state index in [0.717, 1.165) is 38.0 Å². The van der Waals surface area contributed by atoms with Crippen molar-refractivity contribution >= 4 is 29.9 Å². The van der Waals surface area contributed by atoms with Crippen LogP contribution in [0.4, 0.5) is 13.2 Å². The van der Waals surface area contributed by atoms with Crippen LogP contribution in [-0.4, -0.2) is 45.5 Å². The quantitative estimate of drug-likeness (QED) is 0.198. The third-order valence-electron chi connectivity index (χ3n) is 3.68. The van der Waals surface area contributed by atoms with Crippen LogP contribution in [0, 0.1) is 6.92 Å². The van der Waals surface area contributed by atoms with Crippen molar-refractivity contribution in [2.45, 2.75) is 45.8 Å². The molecule has 0 spiro atoms. The van der Waals surface area contributed by atoms with Gasteiger partial charge in [0.25, 0.3) is 0 Å². The number of guanidine groups is 1. The zero-order chi connectivity index (χ0) is 20.1. The molecular formula is C19H31F3IN3O2. The van der Waals surface area contributed by atoms with Gasteiger partial charge in [-0.3, -0.25) is 0 Å². The Bertz CT molecular complexity index is 584. The van der Waals surface area contributed by atoms with Crippen LogP contribution in [-0.2, 0) is 11.3 Å².